The molecule has 0 amide bonds. The summed E-state index contributed by atoms with van der Waals surface area (Å²) in [5.41, 5.74) is 12.2. The van der Waals surface area contributed by atoms with Crippen molar-refractivity contribution in [2.45, 2.75) is 32.6 Å². The number of benzene rings is 8. The zero-order chi connectivity index (χ0) is 39.3. The Labute approximate surface area is 349 Å². The number of aliphatic imine (C=N–C) groups is 1. The molecule has 1 atom stereocenters. The van der Waals surface area contributed by atoms with Crippen LogP contribution in [0.15, 0.2) is 204 Å². The first kappa shape index (κ1) is 35.5. The molecule has 8 aromatic carbocycles. The minimum Gasteiger partial charge on any atom is -0.248 e. The zero-order valence-corrected chi connectivity index (χ0v) is 34.0. The van der Waals surface area contributed by atoms with Gasteiger partial charge in [0.25, 0.3) is 0 Å². The fourth-order valence-corrected chi connectivity index (χ4v) is 10.5. The van der Waals surface area contributed by atoms with E-state index in [4.69, 9.17) is 4.99 Å². The first-order valence-electron chi connectivity index (χ1n) is 21.0. The maximum Gasteiger partial charge on any atom is 0.0712 e. The maximum atomic E-state index is 5.44. The average Bonchev–Trinajstić information content (AvgIpc) is 3.71. The van der Waals surface area contributed by atoms with E-state index in [1.165, 1.54) is 91.5 Å². The van der Waals surface area contributed by atoms with Crippen LogP contribution in [0.2, 0.25) is 0 Å². The van der Waals surface area contributed by atoms with Crippen molar-refractivity contribution in [3.63, 3.8) is 0 Å². The van der Waals surface area contributed by atoms with Crippen LogP contribution in [0.4, 0.5) is 0 Å². The van der Waals surface area contributed by atoms with Gasteiger partial charge >= 0.3 is 0 Å². The highest BCUT2D eigenvalue weighted by Gasteiger charge is 2.19. The molecule has 9 aromatic rings. The van der Waals surface area contributed by atoms with Crippen LogP contribution >= 0.6 is 11.3 Å². The van der Waals surface area contributed by atoms with Gasteiger partial charge in [0, 0.05) is 25.7 Å². The van der Waals surface area contributed by atoms with Gasteiger partial charge < -0.3 is 0 Å². The molecule has 11 rings (SSSR count). The standard InChI is InChI=1S/C57H43NS/c1-37-15-12-27-53(38-16-4-2-5-17-38)58-54(39-18-6-3-7-19-39)36-50(37)43-21-13-20-42(33-43)44-25-14-26-48-45-22-8-9-23-46(45)51-34-40(29-31-49(51)57(44)48)41-30-32-56-52(35-41)47-24-10-11-28-55(47)59-56/h2-4,6-11,13-14,16,18-37H,5,12,15,17H2,1H3/b50-36+,53-27+,58-54+/t37-/m1/s1. The lowest BCUT2D eigenvalue weighted by Gasteiger charge is -2.19. The molecule has 0 N–H and O–H groups in total. The second-order valence-corrected chi connectivity index (χ2v) is 17.2. The summed E-state index contributed by atoms with van der Waals surface area (Å²) < 4.78 is 2.67. The highest BCUT2D eigenvalue weighted by molar-refractivity contribution is 7.25. The van der Waals surface area contributed by atoms with E-state index in [-0.39, 0.29) is 0 Å². The summed E-state index contributed by atoms with van der Waals surface area (Å²) in [6.45, 7) is 2.39. The summed E-state index contributed by atoms with van der Waals surface area (Å²) in [5, 5.41) is 10.4. The number of thiophene rings is 1. The third-order valence-corrected chi connectivity index (χ3v) is 13.6. The van der Waals surface area contributed by atoms with Gasteiger partial charge in [0.05, 0.1) is 11.4 Å². The summed E-state index contributed by atoms with van der Waals surface area (Å²) >= 11 is 1.87. The Bertz CT molecular complexity index is 3280. The van der Waals surface area contributed by atoms with Crippen LogP contribution in [0.5, 0.6) is 0 Å². The van der Waals surface area contributed by atoms with Crippen LogP contribution in [0.25, 0.3) is 80.3 Å². The molecule has 0 bridgehead atoms. The van der Waals surface area contributed by atoms with Gasteiger partial charge in [0.15, 0.2) is 0 Å². The van der Waals surface area contributed by atoms with Gasteiger partial charge in [-0.2, -0.15) is 0 Å². The lowest BCUT2D eigenvalue weighted by molar-refractivity contribution is 0.674. The highest BCUT2D eigenvalue weighted by Crippen LogP contribution is 2.43. The van der Waals surface area contributed by atoms with Crippen LogP contribution in [-0.4, -0.2) is 5.71 Å². The van der Waals surface area contributed by atoms with E-state index >= 15 is 0 Å². The maximum absolute atomic E-state index is 5.44. The Hall–Kier alpha value is -6.61. The third-order valence-electron chi connectivity index (χ3n) is 12.5. The summed E-state index contributed by atoms with van der Waals surface area (Å²) in [6, 6.07) is 58.7. The third kappa shape index (κ3) is 6.45. The molecule has 0 saturated carbocycles. The Morgan fingerprint density at radius 3 is 2.05 bits per heavy atom. The predicted molar refractivity (Wildman–Crippen MR) is 257 cm³/mol. The Morgan fingerprint density at radius 2 is 1.20 bits per heavy atom. The van der Waals surface area contributed by atoms with E-state index in [1.54, 1.807) is 0 Å². The van der Waals surface area contributed by atoms with Crippen LogP contribution < -0.4 is 0 Å². The minimum absolute atomic E-state index is 0.344. The van der Waals surface area contributed by atoms with Crippen molar-refractivity contribution < 1.29 is 0 Å². The van der Waals surface area contributed by atoms with Crippen molar-refractivity contribution in [3.8, 4) is 22.3 Å². The van der Waals surface area contributed by atoms with E-state index in [2.05, 4.69) is 195 Å². The molecule has 0 fully saturated rings. The molecule has 1 aliphatic heterocycles. The van der Waals surface area contributed by atoms with E-state index in [1.807, 2.05) is 11.3 Å². The fraction of sp³-hybridized carbons (Fsp3) is 0.105. The van der Waals surface area contributed by atoms with Gasteiger partial charge in [-0.25, -0.2) is 4.99 Å². The van der Waals surface area contributed by atoms with Gasteiger partial charge in [0.1, 0.15) is 0 Å². The molecule has 1 nitrogen and oxygen atoms in total. The van der Waals surface area contributed by atoms with E-state index in [9.17, 15) is 0 Å². The van der Waals surface area contributed by atoms with Gasteiger partial charge in [-0.3, -0.25) is 0 Å². The number of hydrogen-bond acceptors (Lipinski definition) is 2. The lowest BCUT2D eigenvalue weighted by atomic mass is 9.85. The summed E-state index contributed by atoms with van der Waals surface area (Å²) in [7, 11) is 0. The molecule has 2 aliphatic rings. The SMILES string of the molecule is C[C@@H]1CC/C=C(C2=CC=CCC2)/N=C(c2ccccc2)\C=C/1c1cccc(-c2cccc3c4ccccc4c4cc(-c5ccc6sc7ccccc7c6c5)ccc4c23)c1. The van der Waals surface area contributed by atoms with Crippen molar-refractivity contribution in [1.29, 1.82) is 0 Å². The molecule has 2 heteroatoms. The molecular formula is C57H43NS. The highest BCUT2D eigenvalue weighted by atomic mass is 32.1. The van der Waals surface area contributed by atoms with E-state index in [0.717, 1.165) is 42.7 Å². The molecule has 0 saturated heterocycles. The molecule has 0 unspecified atom stereocenters. The summed E-state index contributed by atoms with van der Waals surface area (Å²) in [4.78, 5) is 5.44. The summed E-state index contributed by atoms with van der Waals surface area (Å²) in [5.74, 6) is 0.344. The van der Waals surface area contributed by atoms with Crippen LogP contribution in [-0.2, 0) is 0 Å². The molecule has 282 valence electrons. The summed E-state index contributed by atoms with van der Waals surface area (Å²) in [6.07, 6.45) is 15.6. The minimum atomic E-state index is 0.344. The molecule has 59 heavy (non-hydrogen) atoms. The molecule has 0 radical (unpaired) electrons. The zero-order valence-electron chi connectivity index (χ0n) is 33.2. The monoisotopic (exact) mass is 773 g/mol. The largest absolute Gasteiger partial charge is 0.248 e. The molecule has 1 aliphatic carbocycles. The van der Waals surface area contributed by atoms with Crippen LogP contribution in [0.1, 0.15) is 43.7 Å². The molecule has 1 aromatic heterocycles. The van der Waals surface area contributed by atoms with E-state index in [0.29, 0.717) is 5.92 Å². The molecule has 2 heterocycles. The lowest BCUT2D eigenvalue weighted by Crippen LogP contribution is -2.04. The number of rotatable bonds is 5. The van der Waals surface area contributed by atoms with Crippen molar-refractivity contribution >= 4 is 75.1 Å². The smallest absolute Gasteiger partial charge is 0.0712 e. The normalized spacial score (nSPS) is 18.8. The number of fused-ring (bicyclic) bond motifs is 9. The van der Waals surface area contributed by atoms with Gasteiger partial charge in [0.2, 0.25) is 0 Å². The van der Waals surface area contributed by atoms with Gasteiger partial charge in [-0.15, -0.1) is 11.3 Å². The van der Waals surface area contributed by atoms with Gasteiger partial charge in [-0.05, 0) is 139 Å². The first-order valence-corrected chi connectivity index (χ1v) is 21.8. The average molecular weight is 774 g/mol. The predicted octanol–water partition coefficient (Wildman–Crippen LogP) is 16.3. The number of hydrogen-bond donors (Lipinski definition) is 0. The van der Waals surface area contributed by atoms with Crippen LogP contribution in [0.3, 0.4) is 0 Å². The van der Waals surface area contributed by atoms with Crippen molar-refractivity contribution in [3.05, 3.63) is 211 Å². The van der Waals surface area contributed by atoms with Gasteiger partial charge in [-0.1, -0.05) is 159 Å². The van der Waals surface area contributed by atoms with E-state index < -0.39 is 0 Å². The Balaban J connectivity index is 1.07. The number of allylic oxidation sites excluding steroid dienone is 7. The Kier molecular flexibility index (Phi) is 9.01. The first-order chi connectivity index (χ1) is 29.2. The number of nitrogens with zero attached hydrogens (tertiary/aromatic N) is 1. The van der Waals surface area contributed by atoms with Crippen molar-refractivity contribution in [1.82, 2.24) is 0 Å². The molecular weight excluding hydrogens is 731 g/mol. The second-order valence-electron chi connectivity index (χ2n) is 16.1. The Morgan fingerprint density at radius 1 is 0.525 bits per heavy atom. The van der Waals surface area contributed by atoms with Crippen molar-refractivity contribution in [2.24, 2.45) is 10.9 Å². The molecule has 0 spiro atoms. The topological polar surface area (TPSA) is 12.4 Å². The van der Waals surface area contributed by atoms with Crippen molar-refractivity contribution in [2.75, 3.05) is 0 Å². The fourth-order valence-electron chi connectivity index (χ4n) is 9.46. The second kappa shape index (κ2) is 15.0. The quantitative estimate of drug-likeness (QED) is 0.155. The van der Waals surface area contributed by atoms with Crippen LogP contribution in [0, 0.1) is 5.92 Å².